The number of likely N-dealkylation sites (tertiary alicyclic amines) is 1. The summed E-state index contributed by atoms with van der Waals surface area (Å²) >= 11 is 0. The van der Waals surface area contributed by atoms with Crippen molar-refractivity contribution in [3.05, 3.63) is 83.1 Å². The van der Waals surface area contributed by atoms with Gasteiger partial charge in [-0.15, -0.1) is 0 Å². The minimum Gasteiger partial charge on any atom is -0.457 e. The second kappa shape index (κ2) is 12.2. The summed E-state index contributed by atoms with van der Waals surface area (Å²) in [6, 6.07) is 18.6. The number of anilines is 1. The van der Waals surface area contributed by atoms with Crippen molar-refractivity contribution < 1.29 is 14.3 Å². The summed E-state index contributed by atoms with van der Waals surface area (Å²) in [5, 5.41) is 10.0. The summed E-state index contributed by atoms with van der Waals surface area (Å²) in [5.41, 5.74) is 6.81. The summed E-state index contributed by atoms with van der Waals surface area (Å²) in [6.07, 6.45) is 3.76. The molecule has 0 bridgehead atoms. The van der Waals surface area contributed by atoms with Crippen LogP contribution in [0.1, 0.15) is 27.2 Å². The van der Waals surface area contributed by atoms with E-state index in [-0.39, 0.29) is 41.6 Å². The quantitative estimate of drug-likeness (QED) is 0.211. The van der Waals surface area contributed by atoms with Crippen LogP contribution in [0.25, 0.3) is 16.9 Å². The number of fused-ring (bicyclic) bond motifs is 1. The highest BCUT2D eigenvalue weighted by Gasteiger charge is 2.38. The first-order chi connectivity index (χ1) is 21.7. The molecule has 45 heavy (non-hydrogen) atoms. The fraction of sp³-hybridized carbons (Fsp3) is 0.364. The number of imidazole rings is 1. The Balaban J connectivity index is 1.26. The molecule has 2 N–H and O–H groups in total. The molecule has 0 spiro atoms. The van der Waals surface area contributed by atoms with Crippen LogP contribution in [0.5, 0.6) is 11.5 Å². The molecule has 2 aliphatic heterocycles. The molecule has 0 aliphatic carbocycles. The van der Waals surface area contributed by atoms with Crippen LogP contribution in [-0.2, 0) is 16.1 Å². The molecule has 0 saturated carbocycles. The number of likely N-dealkylation sites (N-methyl/N-ethyl adjacent to an activating group) is 1. The Morgan fingerprint density at radius 1 is 1.16 bits per heavy atom. The van der Waals surface area contributed by atoms with E-state index in [9.17, 15) is 14.9 Å². The lowest BCUT2D eigenvalue weighted by molar-refractivity contribution is -0.134. The largest absolute Gasteiger partial charge is 0.457 e. The van der Waals surface area contributed by atoms with E-state index in [4.69, 9.17) is 15.2 Å². The third kappa shape index (κ3) is 5.68. The van der Waals surface area contributed by atoms with Gasteiger partial charge in [0.15, 0.2) is 11.5 Å². The Hall–Kier alpha value is -4.99. The molecule has 2 saturated heterocycles. The molecule has 1 atom stereocenters. The van der Waals surface area contributed by atoms with Gasteiger partial charge in [-0.2, -0.15) is 5.26 Å². The van der Waals surface area contributed by atoms with Gasteiger partial charge in [0.25, 0.3) is 5.91 Å². The van der Waals surface area contributed by atoms with Crippen molar-refractivity contribution >= 4 is 22.9 Å². The van der Waals surface area contributed by atoms with E-state index in [2.05, 4.69) is 27.9 Å². The predicted molar refractivity (Wildman–Crippen MR) is 169 cm³/mol. The number of carbonyl (C=O) groups is 1. The van der Waals surface area contributed by atoms with E-state index < -0.39 is 5.54 Å². The molecule has 12 nitrogen and oxygen atoms in total. The maximum absolute atomic E-state index is 13.9. The first-order valence-electron chi connectivity index (χ1n) is 15.0. The average Bonchev–Trinajstić information content (AvgIpc) is 3.28. The van der Waals surface area contributed by atoms with Gasteiger partial charge < -0.3 is 20.1 Å². The Kier molecular flexibility index (Phi) is 8.14. The first kappa shape index (κ1) is 30.1. The smallest absolute Gasteiger partial charge is 0.335 e. The number of aromatic nitrogens is 4. The summed E-state index contributed by atoms with van der Waals surface area (Å²) in [7, 11) is 0. The van der Waals surface area contributed by atoms with Crippen LogP contribution in [0, 0.1) is 11.3 Å². The SMILES string of the molecule is CCN(C1COC1)C(C)(C)/C=C(/C#N)C(=O)N1CC[C@H]1Cn1c(=O)n(-c2ccc(Oc3ccccc3)cc2)c2c(N)ncnc21. The average molecular weight is 609 g/mol. The van der Waals surface area contributed by atoms with Crippen LogP contribution < -0.4 is 16.2 Å². The van der Waals surface area contributed by atoms with Gasteiger partial charge in [-0.25, -0.2) is 14.8 Å². The Morgan fingerprint density at radius 2 is 1.87 bits per heavy atom. The first-order valence-corrected chi connectivity index (χ1v) is 15.0. The number of ether oxygens (including phenoxy) is 2. The maximum atomic E-state index is 13.9. The number of carbonyl (C=O) groups excluding carboxylic acids is 1. The van der Waals surface area contributed by atoms with E-state index >= 15 is 0 Å². The van der Waals surface area contributed by atoms with Gasteiger partial charge >= 0.3 is 5.69 Å². The topological polar surface area (TPSA) is 145 Å². The summed E-state index contributed by atoms with van der Waals surface area (Å²) < 4.78 is 14.3. The number of hydrogen-bond acceptors (Lipinski definition) is 9. The number of amides is 1. The highest BCUT2D eigenvalue weighted by atomic mass is 16.5. The Labute approximate surface area is 260 Å². The van der Waals surface area contributed by atoms with Gasteiger partial charge in [-0.1, -0.05) is 25.1 Å². The second-order valence-corrected chi connectivity index (χ2v) is 11.8. The van der Waals surface area contributed by atoms with Crippen LogP contribution in [0.15, 0.2) is 77.4 Å². The summed E-state index contributed by atoms with van der Waals surface area (Å²) in [5.74, 6) is 1.13. The molecule has 4 heterocycles. The predicted octanol–water partition coefficient (Wildman–Crippen LogP) is 3.51. The van der Waals surface area contributed by atoms with Crippen LogP contribution in [0.3, 0.4) is 0 Å². The summed E-state index contributed by atoms with van der Waals surface area (Å²) in [6.45, 7) is 8.79. The molecule has 0 unspecified atom stereocenters. The number of nitrogens with zero attached hydrogens (tertiary/aromatic N) is 7. The fourth-order valence-electron chi connectivity index (χ4n) is 6.17. The molecule has 2 aromatic heterocycles. The van der Waals surface area contributed by atoms with Crippen molar-refractivity contribution in [3.8, 4) is 23.3 Å². The summed E-state index contributed by atoms with van der Waals surface area (Å²) in [4.78, 5) is 40.0. The van der Waals surface area contributed by atoms with Crippen LogP contribution >= 0.6 is 0 Å². The molecule has 2 aromatic carbocycles. The molecule has 12 heteroatoms. The Bertz CT molecular complexity index is 1830. The molecule has 4 aromatic rings. The fourth-order valence-corrected chi connectivity index (χ4v) is 6.17. The van der Waals surface area contributed by atoms with Crippen molar-refractivity contribution in [1.82, 2.24) is 28.9 Å². The molecule has 232 valence electrons. The van der Waals surface area contributed by atoms with Crippen molar-refractivity contribution in [1.29, 1.82) is 5.26 Å². The molecular formula is C33H36N8O4. The third-order valence-electron chi connectivity index (χ3n) is 8.60. The maximum Gasteiger partial charge on any atom is 0.335 e. The lowest BCUT2D eigenvalue weighted by atomic mass is 9.94. The number of nitrogens with two attached hydrogens (primary N) is 1. The van der Waals surface area contributed by atoms with E-state index in [1.165, 1.54) is 15.5 Å². The van der Waals surface area contributed by atoms with Crippen molar-refractivity contribution in [2.75, 3.05) is 32.0 Å². The van der Waals surface area contributed by atoms with Gasteiger partial charge in [0.2, 0.25) is 0 Å². The second-order valence-electron chi connectivity index (χ2n) is 11.8. The highest BCUT2D eigenvalue weighted by Crippen LogP contribution is 2.29. The van der Waals surface area contributed by atoms with Gasteiger partial charge in [0, 0.05) is 18.6 Å². The zero-order valence-electron chi connectivity index (χ0n) is 25.6. The van der Waals surface area contributed by atoms with Crippen molar-refractivity contribution in [2.45, 2.75) is 51.4 Å². The van der Waals surface area contributed by atoms with Crippen LogP contribution in [0.2, 0.25) is 0 Å². The highest BCUT2D eigenvalue weighted by molar-refractivity contribution is 5.98. The zero-order valence-corrected chi connectivity index (χ0v) is 25.6. The number of nitrogen functional groups attached to an aromatic ring is 1. The molecule has 2 aliphatic rings. The van der Waals surface area contributed by atoms with Crippen LogP contribution in [0.4, 0.5) is 5.82 Å². The van der Waals surface area contributed by atoms with Crippen molar-refractivity contribution in [3.63, 3.8) is 0 Å². The lowest BCUT2D eigenvalue weighted by Gasteiger charge is -2.45. The number of benzene rings is 2. The van der Waals surface area contributed by atoms with Crippen LogP contribution in [-0.4, -0.2) is 78.7 Å². The van der Waals surface area contributed by atoms with Gasteiger partial charge in [-0.05, 0) is 69.3 Å². The number of rotatable bonds is 10. The van der Waals surface area contributed by atoms with E-state index in [1.807, 2.05) is 44.2 Å². The van der Waals surface area contributed by atoms with Gasteiger partial charge in [0.1, 0.15) is 35.0 Å². The zero-order chi connectivity index (χ0) is 31.7. The van der Waals surface area contributed by atoms with Gasteiger partial charge in [0.05, 0.1) is 31.0 Å². The number of para-hydroxylation sites is 1. The molecular weight excluding hydrogens is 572 g/mol. The van der Waals surface area contributed by atoms with Crippen molar-refractivity contribution in [2.24, 2.45) is 0 Å². The standard InChI is InChI=1S/C33H36N8O4/c1-4-40(25-19-44-20-25)33(2,3)16-22(17-34)31(42)38-15-14-24(38)18-39-30-28(29(35)36-21-37-30)41(32(39)43)23-10-12-27(13-11-23)45-26-8-6-5-7-9-26/h5-13,16,21,24-25H,4,14-15,18-20H2,1-3H3,(H2,35,36,37)/b22-16-/t24-/m0/s1. The number of hydrogen-bond donors (Lipinski definition) is 1. The molecule has 2 fully saturated rings. The van der Waals surface area contributed by atoms with E-state index in [0.717, 1.165) is 6.54 Å². The molecule has 6 rings (SSSR count). The minimum absolute atomic E-state index is 0.0857. The minimum atomic E-state index is -0.523. The van der Waals surface area contributed by atoms with E-state index in [0.29, 0.717) is 54.5 Å². The molecule has 0 radical (unpaired) electrons. The molecule has 1 amide bonds. The van der Waals surface area contributed by atoms with E-state index in [1.54, 1.807) is 35.2 Å². The normalized spacial score (nSPS) is 17.2. The number of nitriles is 1. The van der Waals surface area contributed by atoms with Gasteiger partial charge in [-0.3, -0.25) is 18.8 Å². The third-order valence-corrected chi connectivity index (χ3v) is 8.60. The monoisotopic (exact) mass is 608 g/mol. The lowest BCUT2D eigenvalue weighted by Crippen LogP contribution is -2.57. The Morgan fingerprint density at radius 3 is 2.47 bits per heavy atom.